The van der Waals surface area contributed by atoms with Crippen molar-refractivity contribution in [3.05, 3.63) is 35.4 Å². The lowest BCUT2D eigenvalue weighted by Crippen LogP contribution is -2.45. The Bertz CT molecular complexity index is 421. The lowest BCUT2D eigenvalue weighted by Gasteiger charge is -2.35. The Hall–Kier alpha value is -1.10. The van der Waals surface area contributed by atoms with Crippen LogP contribution in [0.3, 0.4) is 0 Å². The lowest BCUT2D eigenvalue weighted by molar-refractivity contribution is 0.1000. The maximum Gasteiger partial charge on any atom is 0.248 e. The Morgan fingerprint density at radius 1 is 1.37 bits per heavy atom. The van der Waals surface area contributed by atoms with Crippen molar-refractivity contribution in [2.24, 2.45) is 17.4 Å². The molecular weight excluding hydrogens is 262 g/mol. The highest BCUT2D eigenvalue weighted by Crippen LogP contribution is 2.17. The summed E-state index contributed by atoms with van der Waals surface area (Å²) in [6.07, 6.45) is 1.06. The Labute approximate surface area is 120 Å². The maximum atomic E-state index is 11.0. The minimum absolute atomic E-state index is 0. The first-order chi connectivity index (χ1) is 8.56. The summed E-state index contributed by atoms with van der Waals surface area (Å²) >= 11 is 0. The first-order valence-electron chi connectivity index (χ1n) is 6.43. The van der Waals surface area contributed by atoms with Crippen molar-refractivity contribution < 1.29 is 4.79 Å². The van der Waals surface area contributed by atoms with Crippen molar-refractivity contribution in [2.75, 3.05) is 13.1 Å². The van der Waals surface area contributed by atoms with Crippen molar-refractivity contribution in [1.29, 1.82) is 0 Å². The molecule has 0 spiro atoms. The summed E-state index contributed by atoms with van der Waals surface area (Å²) in [7, 11) is 0. The molecule has 0 saturated carbocycles. The molecule has 1 aliphatic rings. The van der Waals surface area contributed by atoms with Gasteiger partial charge in [-0.3, -0.25) is 9.69 Å². The van der Waals surface area contributed by atoms with E-state index in [1.165, 1.54) is 5.56 Å². The highest BCUT2D eigenvalue weighted by Gasteiger charge is 2.22. The third-order valence-corrected chi connectivity index (χ3v) is 3.70. The number of nitrogens with zero attached hydrogens (tertiary/aromatic N) is 1. The highest BCUT2D eigenvalue weighted by molar-refractivity contribution is 5.92. The standard InChI is InChI=1S/C14H21N3O.ClH/c1-10-8-17(7-6-13(10)15)9-11-2-4-12(5-3-11)14(16)18;/h2-5,10,13H,6-9,15H2,1H3,(H2,16,18);1H. The Kier molecular flexibility index (Phi) is 5.79. The number of rotatable bonds is 3. The SMILES string of the molecule is CC1CN(Cc2ccc(C(N)=O)cc2)CCC1N.Cl. The fourth-order valence-electron chi connectivity index (χ4n) is 2.43. The first-order valence-corrected chi connectivity index (χ1v) is 6.43. The van der Waals surface area contributed by atoms with E-state index in [2.05, 4.69) is 11.8 Å². The average Bonchev–Trinajstić information content (AvgIpc) is 2.34. The van der Waals surface area contributed by atoms with E-state index in [0.717, 1.165) is 26.1 Å². The summed E-state index contributed by atoms with van der Waals surface area (Å²) in [6, 6.07) is 7.85. The molecule has 0 bridgehead atoms. The molecule has 2 unspecified atom stereocenters. The van der Waals surface area contributed by atoms with Gasteiger partial charge in [0.15, 0.2) is 0 Å². The average molecular weight is 284 g/mol. The zero-order chi connectivity index (χ0) is 13.1. The third-order valence-electron chi connectivity index (χ3n) is 3.70. The number of nitrogens with two attached hydrogens (primary N) is 2. The van der Waals surface area contributed by atoms with Gasteiger partial charge in [-0.05, 0) is 36.6 Å². The van der Waals surface area contributed by atoms with Gasteiger partial charge in [-0.2, -0.15) is 0 Å². The molecule has 1 aromatic carbocycles. The topological polar surface area (TPSA) is 72.3 Å². The lowest BCUT2D eigenvalue weighted by atomic mass is 9.94. The second-order valence-corrected chi connectivity index (χ2v) is 5.23. The summed E-state index contributed by atoms with van der Waals surface area (Å²) in [5, 5.41) is 0. The molecule has 2 atom stereocenters. The monoisotopic (exact) mass is 283 g/mol. The van der Waals surface area contributed by atoms with Gasteiger partial charge in [0.25, 0.3) is 0 Å². The molecule has 0 aromatic heterocycles. The summed E-state index contributed by atoms with van der Waals surface area (Å²) in [4.78, 5) is 13.4. The van der Waals surface area contributed by atoms with Crippen molar-refractivity contribution >= 4 is 18.3 Å². The van der Waals surface area contributed by atoms with Crippen molar-refractivity contribution in [2.45, 2.75) is 25.9 Å². The predicted molar refractivity (Wildman–Crippen MR) is 79.2 cm³/mol. The molecular formula is C14H22ClN3O. The van der Waals surface area contributed by atoms with E-state index >= 15 is 0 Å². The summed E-state index contributed by atoms with van der Waals surface area (Å²) < 4.78 is 0. The van der Waals surface area contributed by atoms with Gasteiger partial charge in [-0.15, -0.1) is 12.4 Å². The second kappa shape index (κ2) is 6.89. The summed E-state index contributed by atoms with van der Waals surface area (Å²) in [5.74, 6) is 0.169. The van der Waals surface area contributed by atoms with Crippen LogP contribution < -0.4 is 11.5 Å². The van der Waals surface area contributed by atoms with Gasteiger partial charge in [0.2, 0.25) is 5.91 Å². The molecule has 19 heavy (non-hydrogen) atoms. The number of benzene rings is 1. The van der Waals surface area contributed by atoms with Gasteiger partial charge in [0, 0.05) is 24.7 Å². The fraction of sp³-hybridized carbons (Fsp3) is 0.500. The number of piperidine rings is 1. The minimum atomic E-state index is -0.376. The normalized spacial score (nSPS) is 23.7. The number of halogens is 1. The van der Waals surface area contributed by atoms with Crippen LogP contribution in [0, 0.1) is 5.92 Å². The van der Waals surface area contributed by atoms with Gasteiger partial charge < -0.3 is 11.5 Å². The molecule has 1 heterocycles. The van der Waals surface area contributed by atoms with E-state index in [0.29, 0.717) is 17.5 Å². The number of amides is 1. The molecule has 4 nitrogen and oxygen atoms in total. The maximum absolute atomic E-state index is 11.0. The molecule has 1 fully saturated rings. The van der Waals surface area contributed by atoms with Crippen LogP contribution in [0.15, 0.2) is 24.3 Å². The summed E-state index contributed by atoms with van der Waals surface area (Å²) in [6.45, 7) is 5.20. The first kappa shape index (κ1) is 16.0. The molecule has 1 saturated heterocycles. The number of hydrogen-bond acceptors (Lipinski definition) is 3. The van der Waals surface area contributed by atoms with E-state index < -0.39 is 0 Å². The smallest absolute Gasteiger partial charge is 0.248 e. The van der Waals surface area contributed by atoms with E-state index in [9.17, 15) is 4.79 Å². The van der Waals surface area contributed by atoms with Gasteiger partial charge in [0.05, 0.1) is 0 Å². The van der Waals surface area contributed by atoms with E-state index in [1.54, 1.807) is 12.1 Å². The minimum Gasteiger partial charge on any atom is -0.366 e. The van der Waals surface area contributed by atoms with E-state index in [1.807, 2.05) is 12.1 Å². The van der Waals surface area contributed by atoms with Crippen LogP contribution in [0.2, 0.25) is 0 Å². The number of hydrogen-bond donors (Lipinski definition) is 2. The molecule has 4 N–H and O–H groups in total. The molecule has 1 aromatic rings. The van der Waals surface area contributed by atoms with Crippen LogP contribution in [-0.4, -0.2) is 29.9 Å². The molecule has 2 rings (SSSR count). The second-order valence-electron chi connectivity index (χ2n) is 5.23. The predicted octanol–water partition coefficient (Wildman–Crippen LogP) is 1.38. The number of carbonyl (C=O) groups is 1. The molecule has 1 amide bonds. The van der Waals surface area contributed by atoms with Crippen molar-refractivity contribution in [1.82, 2.24) is 4.90 Å². The fourth-order valence-corrected chi connectivity index (χ4v) is 2.43. The molecule has 0 aliphatic carbocycles. The van der Waals surface area contributed by atoms with Gasteiger partial charge >= 0.3 is 0 Å². The van der Waals surface area contributed by atoms with Crippen molar-refractivity contribution in [3.8, 4) is 0 Å². The Balaban J connectivity index is 0.00000180. The summed E-state index contributed by atoms with van der Waals surface area (Å²) in [5.41, 5.74) is 13.0. The van der Waals surface area contributed by atoms with Gasteiger partial charge in [-0.1, -0.05) is 19.1 Å². The van der Waals surface area contributed by atoms with Crippen LogP contribution in [0.4, 0.5) is 0 Å². The van der Waals surface area contributed by atoms with Crippen LogP contribution in [0.25, 0.3) is 0 Å². The molecule has 106 valence electrons. The van der Waals surface area contributed by atoms with E-state index in [4.69, 9.17) is 11.5 Å². The zero-order valence-corrected chi connectivity index (χ0v) is 12.0. The quantitative estimate of drug-likeness (QED) is 0.880. The Morgan fingerprint density at radius 2 is 2.00 bits per heavy atom. The van der Waals surface area contributed by atoms with Gasteiger partial charge in [0.1, 0.15) is 0 Å². The number of carbonyl (C=O) groups excluding carboxylic acids is 1. The molecule has 0 radical (unpaired) electrons. The van der Waals surface area contributed by atoms with Crippen LogP contribution in [-0.2, 0) is 6.54 Å². The third kappa shape index (κ3) is 4.20. The largest absolute Gasteiger partial charge is 0.366 e. The molecule has 5 heteroatoms. The Morgan fingerprint density at radius 3 is 2.53 bits per heavy atom. The zero-order valence-electron chi connectivity index (χ0n) is 11.2. The van der Waals surface area contributed by atoms with E-state index in [-0.39, 0.29) is 18.3 Å². The van der Waals surface area contributed by atoms with Gasteiger partial charge in [-0.25, -0.2) is 0 Å². The number of likely N-dealkylation sites (tertiary alicyclic amines) is 1. The van der Waals surface area contributed by atoms with Crippen LogP contribution in [0.5, 0.6) is 0 Å². The highest BCUT2D eigenvalue weighted by atomic mass is 35.5. The number of primary amides is 1. The van der Waals surface area contributed by atoms with Crippen LogP contribution in [0.1, 0.15) is 29.3 Å². The molecule has 1 aliphatic heterocycles. The van der Waals surface area contributed by atoms with Crippen molar-refractivity contribution in [3.63, 3.8) is 0 Å². The van der Waals surface area contributed by atoms with Crippen LogP contribution >= 0.6 is 12.4 Å².